The quantitative estimate of drug-likeness (QED) is 0.450. The molecule has 4 nitrogen and oxygen atoms in total. The molecule has 7 N–H and O–H groups in total. The largest absolute Gasteiger partial charge is 0.404 e. The summed E-state index contributed by atoms with van der Waals surface area (Å²) in [6.45, 7) is 0. The normalized spacial score (nSPS) is 13.5. The van der Waals surface area contributed by atoms with Gasteiger partial charge in [0.1, 0.15) is 0 Å². The molecule has 1 rings (SSSR count). The summed E-state index contributed by atoms with van der Waals surface area (Å²) in [7, 11) is 0. The number of hydrogen-bond donors (Lipinski definition) is 4. The first-order valence-electron chi connectivity index (χ1n) is 4.38. The van der Waals surface area contributed by atoms with Crippen LogP contribution in [-0.2, 0) is 6.42 Å². The van der Waals surface area contributed by atoms with Crippen molar-refractivity contribution in [2.45, 2.75) is 6.42 Å². The number of nitrogens with one attached hydrogen (secondary N) is 1. The van der Waals surface area contributed by atoms with Crippen LogP contribution in [0.5, 0.6) is 0 Å². The Morgan fingerprint density at radius 1 is 1.47 bits per heavy atom. The number of hydrogen-bond acceptors (Lipinski definition) is 5. The summed E-state index contributed by atoms with van der Waals surface area (Å²) in [4.78, 5) is 1.14. The van der Waals surface area contributed by atoms with Crippen LogP contribution in [0, 0.1) is 5.41 Å². The van der Waals surface area contributed by atoms with Gasteiger partial charge in [-0.05, 0) is 11.4 Å². The number of nitrogens with two attached hydrogens (primary N) is 3. The van der Waals surface area contributed by atoms with Gasteiger partial charge in [0.15, 0.2) is 0 Å². The standard InChI is InChI=1S/C10H14N4S/c11-5-7(6-12)10(14)9(13)4-8-2-1-3-15-8/h1-3,5-6,11H,4,12-14H2/b7-6-,10-9+,11-5?. The Kier molecular flexibility index (Phi) is 3.93. The molecule has 0 aromatic carbocycles. The highest BCUT2D eigenvalue weighted by Gasteiger charge is 2.04. The van der Waals surface area contributed by atoms with Gasteiger partial charge in [0.05, 0.1) is 5.70 Å². The number of thiophene rings is 1. The van der Waals surface area contributed by atoms with Gasteiger partial charge in [-0.25, -0.2) is 0 Å². The highest BCUT2D eigenvalue weighted by atomic mass is 32.1. The van der Waals surface area contributed by atoms with Crippen molar-refractivity contribution < 1.29 is 0 Å². The highest BCUT2D eigenvalue weighted by Crippen LogP contribution is 2.14. The lowest BCUT2D eigenvalue weighted by molar-refractivity contribution is 1.08. The number of allylic oxidation sites excluding steroid dienone is 2. The van der Waals surface area contributed by atoms with E-state index < -0.39 is 0 Å². The Balaban J connectivity index is 2.86. The van der Waals surface area contributed by atoms with Crippen LogP contribution in [0.3, 0.4) is 0 Å². The van der Waals surface area contributed by atoms with Crippen LogP contribution in [0.15, 0.2) is 40.7 Å². The monoisotopic (exact) mass is 222 g/mol. The number of rotatable bonds is 4. The van der Waals surface area contributed by atoms with E-state index in [1.54, 1.807) is 11.3 Å². The van der Waals surface area contributed by atoms with Crippen molar-refractivity contribution in [1.29, 1.82) is 5.41 Å². The minimum Gasteiger partial charge on any atom is -0.404 e. The zero-order valence-electron chi connectivity index (χ0n) is 8.23. The molecule has 0 amide bonds. The van der Waals surface area contributed by atoms with E-state index >= 15 is 0 Å². The lowest BCUT2D eigenvalue weighted by Crippen LogP contribution is -2.14. The van der Waals surface area contributed by atoms with E-state index in [1.807, 2.05) is 17.5 Å². The minimum absolute atomic E-state index is 0.376. The van der Waals surface area contributed by atoms with Gasteiger partial charge in [-0.2, -0.15) is 0 Å². The van der Waals surface area contributed by atoms with E-state index in [9.17, 15) is 0 Å². The molecule has 0 atom stereocenters. The maximum Gasteiger partial charge on any atom is 0.0612 e. The first-order valence-corrected chi connectivity index (χ1v) is 5.26. The lowest BCUT2D eigenvalue weighted by atomic mass is 10.1. The van der Waals surface area contributed by atoms with Crippen molar-refractivity contribution in [1.82, 2.24) is 0 Å². The van der Waals surface area contributed by atoms with Crippen LogP contribution in [-0.4, -0.2) is 6.21 Å². The molecule has 0 saturated carbocycles. The van der Waals surface area contributed by atoms with Crippen molar-refractivity contribution in [3.63, 3.8) is 0 Å². The fourth-order valence-electron chi connectivity index (χ4n) is 1.10. The average Bonchev–Trinajstić information content (AvgIpc) is 2.72. The Bertz CT molecular complexity index is 390. The molecule has 1 aromatic heterocycles. The predicted octanol–water partition coefficient (Wildman–Crippen LogP) is 0.912. The molecule has 5 heteroatoms. The fraction of sp³-hybridized carbons (Fsp3) is 0.100. The molecule has 0 unspecified atom stereocenters. The van der Waals surface area contributed by atoms with Gasteiger partial charge in [-0.3, -0.25) is 0 Å². The van der Waals surface area contributed by atoms with Crippen LogP contribution in [0.2, 0.25) is 0 Å². The fourth-order valence-corrected chi connectivity index (χ4v) is 1.83. The van der Waals surface area contributed by atoms with Crippen molar-refractivity contribution in [2.24, 2.45) is 17.2 Å². The van der Waals surface area contributed by atoms with Gasteiger partial charge in [0.2, 0.25) is 0 Å². The molecular formula is C10H14N4S. The van der Waals surface area contributed by atoms with Crippen molar-refractivity contribution in [3.8, 4) is 0 Å². The first kappa shape index (κ1) is 11.3. The second-order valence-corrected chi connectivity index (χ2v) is 3.99. The molecule has 80 valence electrons. The molecule has 1 heterocycles. The molecule has 0 aliphatic rings. The van der Waals surface area contributed by atoms with Crippen LogP contribution in [0.25, 0.3) is 0 Å². The Morgan fingerprint density at radius 3 is 2.67 bits per heavy atom. The Labute approximate surface area is 92.6 Å². The predicted molar refractivity (Wildman–Crippen MR) is 64.5 cm³/mol. The molecule has 0 radical (unpaired) electrons. The third kappa shape index (κ3) is 2.85. The van der Waals surface area contributed by atoms with E-state index in [0.29, 0.717) is 23.4 Å². The van der Waals surface area contributed by atoms with Gasteiger partial charge in [-0.15, -0.1) is 11.3 Å². The second-order valence-electron chi connectivity index (χ2n) is 2.96. The summed E-state index contributed by atoms with van der Waals surface area (Å²) in [6.07, 6.45) is 2.97. The molecule has 0 aliphatic carbocycles. The summed E-state index contributed by atoms with van der Waals surface area (Å²) < 4.78 is 0. The summed E-state index contributed by atoms with van der Waals surface area (Å²) in [5.74, 6) is 0. The van der Waals surface area contributed by atoms with Crippen LogP contribution in [0.1, 0.15) is 4.88 Å². The van der Waals surface area contributed by atoms with Crippen molar-refractivity contribution >= 4 is 17.6 Å². The third-order valence-corrected chi connectivity index (χ3v) is 2.81. The van der Waals surface area contributed by atoms with Crippen molar-refractivity contribution in [2.75, 3.05) is 0 Å². The molecule has 0 bridgehead atoms. The van der Waals surface area contributed by atoms with Gasteiger partial charge in [0.25, 0.3) is 0 Å². The smallest absolute Gasteiger partial charge is 0.0612 e. The first-order chi connectivity index (χ1) is 7.19. The van der Waals surface area contributed by atoms with E-state index in [-0.39, 0.29) is 0 Å². The topological polar surface area (TPSA) is 102 Å². The zero-order chi connectivity index (χ0) is 11.3. The molecule has 0 aliphatic heterocycles. The summed E-state index contributed by atoms with van der Waals surface area (Å²) in [5, 5.41) is 9.07. The SMILES string of the molecule is N=CC(=C/N)/C(N)=C(\N)Cc1cccs1. The second kappa shape index (κ2) is 5.21. The molecule has 1 aromatic rings. The molecule has 0 spiro atoms. The lowest BCUT2D eigenvalue weighted by Gasteiger charge is -2.06. The van der Waals surface area contributed by atoms with Gasteiger partial charge >= 0.3 is 0 Å². The van der Waals surface area contributed by atoms with Gasteiger partial charge in [-0.1, -0.05) is 6.07 Å². The van der Waals surface area contributed by atoms with Gasteiger partial charge < -0.3 is 22.6 Å². The third-order valence-electron chi connectivity index (χ3n) is 1.94. The van der Waals surface area contributed by atoms with Crippen LogP contribution < -0.4 is 17.2 Å². The molecule has 0 saturated heterocycles. The van der Waals surface area contributed by atoms with E-state index in [4.69, 9.17) is 22.6 Å². The van der Waals surface area contributed by atoms with E-state index in [1.165, 1.54) is 6.20 Å². The summed E-state index contributed by atoms with van der Waals surface area (Å²) >= 11 is 1.62. The van der Waals surface area contributed by atoms with Crippen LogP contribution >= 0.6 is 11.3 Å². The summed E-state index contributed by atoms with van der Waals surface area (Å²) in [5.41, 5.74) is 18.3. The molecular weight excluding hydrogens is 208 g/mol. The van der Waals surface area contributed by atoms with E-state index in [2.05, 4.69) is 0 Å². The minimum atomic E-state index is 0.376. The van der Waals surface area contributed by atoms with Gasteiger partial charge in [0, 0.05) is 35.0 Å². The van der Waals surface area contributed by atoms with E-state index in [0.717, 1.165) is 11.1 Å². The molecule has 15 heavy (non-hydrogen) atoms. The maximum absolute atomic E-state index is 7.09. The summed E-state index contributed by atoms with van der Waals surface area (Å²) in [6, 6.07) is 3.95. The zero-order valence-corrected chi connectivity index (χ0v) is 9.05. The van der Waals surface area contributed by atoms with Crippen LogP contribution in [0.4, 0.5) is 0 Å². The van der Waals surface area contributed by atoms with Crippen molar-refractivity contribution in [3.05, 3.63) is 45.6 Å². The molecule has 0 fully saturated rings. The Hall–Kier alpha value is -1.75. The Morgan fingerprint density at radius 2 is 2.20 bits per heavy atom. The average molecular weight is 222 g/mol. The maximum atomic E-state index is 7.09. The highest BCUT2D eigenvalue weighted by molar-refractivity contribution is 7.09.